The predicted molar refractivity (Wildman–Crippen MR) is 138 cm³/mol. The van der Waals surface area contributed by atoms with Gasteiger partial charge in [0.15, 0.2) is 11.5 Å². The number of hydrogen-bond acceptors (Lipinski definition) is 7. The summed E-state index contributed by atoms with van der Waals surface area (Å²) in [6.45, 7) is 3.49. The van der Waals surface area contributed by atoms with Crippen LogP contribution < -0.4 is 19.9 Å². The molecule has 0 amide bonds. The Bertz CT molecular complexity index is 1660. The lowest BCUT2D eigenvalue weighted by atomic mass is 10.1. The van der Waals surface area contributed by atoms with Crippen LogP contribution >= 0.6 is 0 Å². The Hall–Kier alpha value is -4.31. The number of nitrogens with one attached hydrogen (secondary N) is 1. The van der Waals surface area contributed by atoms with Gasteiger partial charge in [0.2, 0.25) is 5.88 Å². The van der Waals surface area contributed by atoms with E-state index in [0.717, 1.165) is 10.1 Å². The smallest absolute Gasteiger partial charge is 0.276 e. The fourth-order valence-electron chi connectivity index (χ4n) is 3.90. The highest BCUT2D eigenvalue weighted by atomic mass is 32.2. The number of rotatable bonds is 7. The molecule has 0 fully saturated rings. The maximum atomic E-state index is 13.3. The second kappa shape index (κ2) is 9.74. The van der Waals surface area contributed by atoms with Crippen molar-refractivity contribution in [1.82, 2.24) is 9.40 Å². The molecule has 0 saturated carbocycles. The Morgan fingerprint density at radius 3 is 2.33 bits per heavy atom. The molecule has 4 rings (SSSR count). The fourth-order valence-corrected chi connectivity index (χ4v) is 5.02. The molecule has 0 radical (unpaired) electrons. The topological polar surface area (TPSA) is 119 Å². The van der Waals surface area contributed by atoms with E-state index in [-0.39, 0.29) is 10.5 Å². The third-order valence-corrected chi connectivity index (χ3v) is 7.09. The summed E-state index contributed by atoms with van der Waals surface area (Å²) in [6.07, 6.45) is 1.18. The lowest BCUT2D eigenvalue weighted by Crippen LogP contribution is -2.21. The van der Waals surface area contributed by atoms with Crippen molar-refractivity contribution >= 4 is 27.0 Å². The molecule has 0 atom stereocenters. The average molecular weight is 508 g/mol. The standard InChI is InChI=1S/C26H25N3O6S/c1-16-9-10-17(2)24(13-16)36(32,33)28-27-15-21-19-7-5-6-8-20(19)25(30)29(26(21)31)18-11-12-22(34-3)23(14-18)35-4/h5-15,28,31H,1-4H3. The summed E-state index contributed by atoms with van der Waals surface area (Å²) < 4.78 is 37.4. The Morgan fingerprint density at radius 1 is 0.944 bits per heavy atom. The molecule has 0 spiro atoms. The molecule has 0 saturated heterocycles. The molecule has 3 aromatic carbocycles. The number of aromatic nitrogens is 1. The second-order valence-corrected chi connectivity index (χ2v) is 9.71. The lowest BCUT2D eigenvalue weighted by Gasteiger charge is -2.15. The number of sulfonamides is 1. The molecule has 0 aliphatic heterocycles. The van der Waals surface area contributed by atoms with Crippen molar-refractivity contribution in [2.45, 2.75) is 18.7 Å². The minimum Gasteiger partial charge on any atom is -0.494 e. The molecule has 9 nitrogen and oxygen atoms in total. The van der Waals surface area contributed by atoms with E-state index in [4.69, 9.17) is 9.47 Å². The quantitative estimate of drug-likeness (QED) is 0.291. The molecule has 0 aliphatic rings. The lowest BCUT2D eigenvalue weighted by molar-refractivity contribution is 0.354. The summed E-state index contributed by atoms with van der Waals surface area (Å²) in [5, 5.41) is 15.8. The molecule has 186 valence electrons. The minimum absolute atomic E-state index is 0.101. The third-order valence-electron chi connectivity index (χ3n) is 5.73. The number of pyridine rings is 1. The molecule has 0 unspecified atom stereocenters. The van der Waals surface area contributed by atoms with Crippen molar-refractivity contribution < 1.29 is 23.0 Å². The first kappa shape index (κ1) is 24.8. The zero-order valence-electron chi connectivity index (χ0n) is 20.1. The maximum absolute atomic E-state index is 13.3. The number of ether oxygens (including phenoxy) is 2. The fraction of sp³-hybridized carbons (Fsp3) is 0.154. The number of aryl methyl sites for hydroxylation is 2. The zero-order valence-corrected chi connectivity index (χ0v) is 21.0. The van der Waals surface area contributed by atoms with Gasteiger partial charge in [-0.15, -0.1) is 0 Å². The normalized spacial score (nSPS) is 11.7. The summed E-state index contributed by atoms with van der Waals surface area (Å²) in [5.41, 5.74) is 1.37. The number of fused-ring (bicyclic) bond motifs is 1. The van der Waals surface area contributed by atoms with Crippen molar-refractivity contribution in [2.24, 2.45) is 5.10 Å². The van der Waals surface area contributed by atoms with E-state index in [9.17, 15) is 18.3 Å². The van der Waals surface area contributed by atoms with Gasteiger partial charge in [-0.25, -0.2) is 9.40 Å². The van der Waals surface area contributed by atoms with Crippen LogP contribution in [0.25, 0.3) is 16.5 Å². The van der Waals surface area contributed by atoms with E-state index >= 15 is 0 Å². The zero-order chi connectivity index (χ0) is 26.0. The van der Waals surface area contributed by atoms with Gasteiger partial charge in [0, 0.05) is 16.8 Å². The van der Waals surface area contributed by atoms with Gasteiger partial charge in [-0.2, -0.15) is 13.5 Å². The minimum atomic E-state index is -3.97. The predicted octanol–water partition coefficient (Wildman–Crippen LogP) is 3.64. The van der Waals surface area contributed by atoms with Crippen LogP contribution in [0.5, 0.6) is 17.4 Å². The highest BCUT2D eigenvalue weighted by molar-refractivity contribution is 7.89. The van der Waals surface area contributed by atoms with E-state index in [2.05, 4.69) is 9.93 Å². The number of benzene rings is 3. The Labute approximate surface area is 208 Å². The molecule has 1 aromatic heterocycles. The third kappa shape index (κ3) is 4.50. The Balaban J connectivity index is 1.84. The van der Waals surface area contributed by atoms with Crippen LogP contribution in [0.15, 0.2) is 75.5 Å². The Kier molecular flexibility index (Phi) is 6.71. The summed E-state index contributed by atoms with van der Waals surface area (Å²) in [6, 6.07) is 16.5. The van der Waals surface area contributed by atoms with Crippen molar-refractivity contribution in [3.63, 3.8) is 0 Å². The van der Waals surface area contributed by atoms with E-state index in [0.29, 0.717) is 33.5 Å². The van der Waals surface area contributed by atoms with Gasteiger partial charge in [0.1, 0.15) is 0 Å². The second-order valence-electron chi connectivity index (χ2n) is 8.08. The van der Waals surface area contributed by atoms with Gasteiger partial charge >= 0.3 is 0 Å². The molecular weight excluding hydrogens is 482 g/mol. The van der Waals surface area contributed by atoms with Crippen molar-refractivity contribution in [3.8, 4) is 23.1 Å². The monoisotopic (exact) mass is 507 g/mol. The molecule has 0 aliphatic carbocycles. The van der Waals surface area contributed by atoms with Gasteiger partial charge in [-0.3, -0.25) is 4.79 Å². The molecular formula is C26H25N3O6S. The first-order valence-electron chi connectivity index (χ1n) is 10.9. The molecule has 4 aromatic rings. The highest BCUT2D eigenvalue weighted by Gasteiger charge is 2.19. The first-order chi connectivity index (χ1) is 17.2. The van der Waals surface area contributed by atoms with Gasteiger partial charge < -0.3 is 14.6 Å². The molecule has 10 heteroatoms. The van der Waals surface area contributed by atoms with Gasteiger partial charge in [0.25, 0.3) is 15.6 Å². The van der Waals surface area contributed by atoms with Crippen LogP contribution in [0.4, 0.5) is 0 Å². The number of hydrogen-bond donors (Lipinski definition) is 2. The molecule has 36 heavy (non-hydrogen) atoms. The summed E-state index contributed by atoms with van der Waals surface area (Å²) in [5.74, 6) is 0.406. The summed E-state index contributed by atoms with van der Waals surface area (Å²) in [4.78, 5) is 15.6. The molecule has 1 heterocycles. The highest BCUT2D eigenvalue weighted by Crippen LogP contribution is 2.32. The molecule has 0 bridgehead atoms. The van der Waals surface area contributed by atoms with Crippen molar-refractivity contribution in [3.05, 3.63) is 87.7 Å². The Morgan fingerprint density at radius 2 is 1.64 bits per heavy atom. The van der Waals surface area contributed by atoms with Gasteiger partial charge in [0.05, 0.1) is 36.6 Å². The number of aromatic hydroxyl groups is 1. The van der Waals surface area contributed by atoms with Crippen LogP contribution in [-0.4, -0.2) is 38.5 Å². The van der Waals surface area contributed by atoms with Crippen LogP contribution in [0.1, 0.15) is 16.7 Å². The number of hydrazone groups is 1. The van der Waals surface area contributed by atoms with Crippen LogP contribution in [-0.2, 0) is 10.0 Å². The van der Waals surface area contributed by atoms with Crippen LogP contribution in [0.3, 0.4) is 0 Å². The van der Waals surface area contributed by atoms with E-state index in [1.165, 1.54) is 20.4 Å². The van der Waals surface area contributed by atoms with Gasteiger partial charge in [-0.05, 0) is 49.2 Å². The van der Waals surface area contributed by atoms with E-state index < -0.39 is 21.5 Å². The van der Waals surface area contributed by atoms with E-state index in [1.54, 1.807) is 68.4 Å². The summed E-state index contributed by atoms with van der Waals surface area (Å²) >= 11 is 0. The van der Waals surface area contributed by atoms with Gasteiger partial charge in [-0.1, -0.05) is 30.3 Å². The molecule has 2 N–H and O–H groups in total. The van der Waals surface area contributed by atoms with Crippen molar-refractivity contribution in [1.29, 1.82) is 0 Å². The maximum Gasteiger partial charge on any atom is 0.276 e. The van der Waals surface area contributed by atoms with Crippen molar-refractivity contribution in [2.75, 3.05) is 14.2 Å². The summed E-state index contributed by atoms with van der Waals surface area (Å²) in [7, 11) is -1.01. The van der Waals surface area contributed by atoms with E-state index in [1.807, 2.05) is 6.07 Å². The van der Waals surface area contributed by atoms with Crippen LogP contribution in [0.2, 0.25) is 0 Å². The SMILES string of the molecule is COc1ccc(-n2c(O)c(C=NNS(=O)(=O)c3cc(C)ccc3C)c3ccccc3c2=O)cc1OC. The number of methoxy groups -OCH3 is 2. The number of nitrogens with zero attached hydrogens (tertiary/aromatic N) is 2. The largest absolute Gasteiger partial charge is 0.494 e. The van der Waals surface area contributed by atoms with Crippen LogP contribution in [0, 0.1) is 13.8 Å². The first-order valence-corrected chi connectivity index (χ1v) is 12.4. The average Bonchev–Trinajstić information content (AvgIpc) is 2.87.